The lowest BCUT2D eigenvalue weighted by Gasteiger charge is -2.20. The number of hydrogen-bond donors (Lipinski definition) is 1. The first-order valence-corrected chi connectivity index (χ1v) is 8.03. The van der Waals surface area contributed by atoms with E-state index in [1.807, 2.05) is 19.1 Å². The number of halogens is 1. The number of thiophene rings is 1. The van der Waals surface area contributed by atoms with E-state index in [1.54, 1.807) is 17.0 Å². The molecule has 2 aromatic rings. The van der Waals surface area contributed by atoms with Crippen molar-refractivity contribution in [2.24, 2.45) is 0 Å². The molecule has 1 aromatic heterocycles. The Hall–Kier alpha value is -1.85. The molecule has 0 unspecified atom stereocenters. The van der Waals surface area contributed by atoms with Crippen molar-refractivity contribution < 1.29 is 14.7 Å². The summed E-state index contributed by atoms with van der Waals surface area (Å²) < 4.78 is 0.711. The number of hydrogen-bond acceptors (Lipinski definition) is 3. The first-order valence-electron chi connectivity index (χ1n) is 6.83. The Morgan fingerprint density at radius 2 is 1.86 bits per heavy atom. The van der Waals surface area contributed by atoms with Gasteiger partial charge in [-0.05, 0) is 36.8 Å². The van der Waals surface area contributed by atoms with Gasteiger partial charge in [-0.3, -0.25) is 4.79 Å². The highest BCUT2D eigenvalue weighted by Crippen LogP contribution is 2.23. The summed E-state index contributed by atoms with van der Waals surface area (Å²) in [5, 5.41) is 8.87. The Labute approximate surface area is 137 Å². The minimum Gasteiger partial charge on any atom is -0.478 e. The van der Waals surface area contributed by atoms with Crippen LogP contribution in [0.25, 0.3) is 0 Å². The second-order valence-corrected chi connectivity index (χ2v) is 6.59. The predicted molar refractivity (Wildman–Crippen MR) is 87.5 cm³/mol. The van der Waals surface area contributed by atoms with Crippen LogP contribution in [0.15, 0.2) is 36.4 Å². The van der Waals surface area contributed by atoms with Crippen LogP contribution in [-0.2, 0) is 17.8 Å². The van der Waals surface area contributed by atoms with E-state index in [9.17, 15) is 9.59 Å². The zero-order valence-corrected chi connectivity index (χ0v) is 13.7. The van der Waals surface area contributed by atoms with Crippen molar-refractivity contribution in [3.8, 4) is 0 Å². The van der Waals surface area contributed by atoms with Crippen LogP contribution in [-0.4, -0.2) is 28.4 Å². The zero-order valence-electron chi connectivity index (χ0n) is 12.1. The molecule has 22 heavy (non-hydrogen) atoms. The molecule has 0 aliphatic rings. The van der Waals surface area contributed by atoms with E-state index in [2.05, 4.69) is 0 Å². The van der Waals surface area contributed by atoms with Gasteiger partial charge in [-0.25, -0.2) is 4.79 Å². The van der Waals surface area contributed by atoms with Gasteiger partial charge in [0.15, 0.2) is 0 Å². The zero-order chi connectivity index (χ0) is 16.1. The molecule has 0 fully saturated rings. The fraction of sp³-hybridized carbons (Fsp3) is 0.250. The lowest BCUT2D eigenvalue weighted by molar-refractivity contribution is -0.130. The summed E-state index contributed by atoms with van der Waals surface area (Å²) in [5.74, 6) is -0.960. The smallest absolute Gasteiger partial charge is 0.335 e. The highest BCUT2D eigenvalue weighted by atomic mass is 35.5. The van der Waals surface area contributed by atoms with Gasteiger partial charge in [-0.2, -0.15) is 0 Å². The van der Waals surface area contributed by atoms with Gasteiger partial charge in [0.2, 0.25) is 5.91 Å². The maximum atomic E-state index is 12.4. The molecule has 0 aliphatic carbocycles. The molecule has 0 atom stereocenters. The predicted octanol–water partition coefficient (Wildman–Crippen LogP) is 3.69. The van der Waals surface area contributed by atoms with Gasteiger partial charge in [0.1, 0.15) is 0 Å². The highest BCUT2D eigenvalue weighted by Gasteiger charge is 2.14. The molecular formula is C16H16ClNO3S. The SMILES string of the molecule is CCN(Cc1ccc(Cl)s1)C(=O)Cc1ccc(C(=O)O)cc1. The standard InChI is InChI=1S/C16H16ClNO3S/c1-2-18(10-13-7-8-14(17)22-13)15(19)9-11-3-5-12(6-4-11)16(20)21/h3-8H,2,9-10H2,1H3,(H,20,21). The lowest BCUT2D eigenvalue weighted by atomic mass is 10.1. The van der Waals surface area contributed by atoms with Crippen LogP contribution in [0.4, 0.5) is 0 Å². The molecule has 0 aliphatic heterocycles. The fourth-order valence-electron chi connectivity index (χ4n) is 2.05. The molecule has 2 rings (SSSR count). The first kappa shape index (κ1) is 16.5. The van der Waals surface area contributed by atoms with Crippen molar-refractivity contribution in [1.29, 1.82) is 0 Å². The molecule has 1 N–H and O–H groups in total. The van der Waals surface area contributed by atoms with Crippen molar-refractivity contribution in [2.75, 3.05) is 6.54 Å². The van der Waals surface area contributed by atoms with E-state index in [0.29, 0.717) is 17.4 Å². The van der Waals surface area contributed by atoms with E-state index >= 15 is 0 Å². The average molecular weight is 338 g/mol. The number of rotatable bonds is 6. The normalized spacial score (nSPS) is 10.5. The maximum absolute atomic E-state index is 12.4. The third-order valence-electron chi connectivity index (χ3n) is 3.27. The Balaban J connectivity index is 2.00. The highest BCUT2D eigenvalue weighted by molar-refractivity contribution is 7.16. The van der Waals surface area contributed by atoms with Crippen molar-refractivity contribution >= 4 is 34.8 Å². The first-order chi connectivity index (χ1) is 10.5. The van der Waals surface area contributed by atoms with Crippen molar-refractivity contribution in [1.82, 2.24) is 4.90 Å². The second kappa shape index (κ2) is 7.42. The molecular weight excluding hydrogens is 322 g/mol. The third kappa shape index (κ3) is 4.32. The van der Waals surface area contributed by atoms with E-state index in [0.717, 1.165) is 10.4 Å². The molecule has 1 aromatic carbocycles. The molecule has 0 spiro atoms. The quantitative estimate of drug-likeness (QED) is 0.874. The number of benzene rings is 1. The Kier molecular flexibility index (Phi) is 5.57. The number of nitrogens with zero attached hydrogens (tertiary/aromatic N) is 1. The van der Waals surface area contributed by atoms with E-state index in [4.69, 9.17) is 16.7 Å². The van der Waals surface area contributed by atoms with Gasteiger partial charge in [0.25, 0.3) is 0 Å². The summed E-state index contributed by atoms with van der Waals surface area (Å²) in [7, 11) is 0. The minimum absolute atomic E-state index is 0.00935. The molecule has 1 heterocycles. The van der Waals surface area contributed by atoms with Gasteiger partial charge in [-0.15, -0.1) is 11.3 Å². The Morgan fingerprint density at radius 1 is 1.18 bits per heavy atom. The molecule has 0 saturated carbocycles. The van der Waals surface area contributed by atoms with Crippen LogP contribution in [0, 0.1) is 0 Å². The molecule has 1 amide bonds. The molecule has 0 bridgehead atoms. The molecule has 116 valence electrons. The number of carboxylic acid groups (broad SMARTS) is 1. The van der Waals surface area contributed by atoms with Gasteiger partial charge >= 0.3 is 5.97 Å². The summed E-state index contributed by atoms with van der Waals surface area (Å²) in [6.45, 7) is 3.09. The monoisotopic (exact) mass is 337 g/mol. The Bertz CT molecular complexity index is 666. The van der Waals surface area contributed by atoms with Crippen molar-refractivity contribution in [2.45, 2.75) is 19.9 Å². The number of likely N-dealkylation sites (N-methyl/N-ethyl adjacent to an activating group) is 1. The van der Waals surface area contributed by atoms with Crippen molar-refractivity contribution in [3.05, 3.63) is 56.7 Å². The number of carbonyl (C=O) groups excluding carboxylic acids is 1. The number of carboxylic acids is 1. The van der Waals surface area contributed by atoms with Crippen LogP contribution >= 0.6 is 22.9 Å². The van der Waals surface area contributed by atoms with Crippen LogP contribution in [0.2, 0.25) is 4.34 Å². The van der Waals surface area contributed by atoms with Crippen LogP contribution in [0.1, 0.15) is 27.7 Å². The van der Waals surface area contributed by atoms with Gasteiger partial charge in [0.05, 0.1) is 22.9 Å². The van der Waals surface area contributed by atoms with E-state index < -0.39 is 5.97 Å². The number of carbonyl (C=O) groups is 2. The van der Waals surface area contributed by atoms with Crippen LogP contribution in [0.3, 0.4) is 0 Å². The maximum Gasteiger partial charge on any atom is 0.335 e. The molecule has 4 nitrogen and oxygen atoms in total. The second-order valence-electron chi connectivity index (χ2n) is 4.79. The van der Waals surface area contributed by atoms with Crippen molar-refractivity contribution in [3.63, 3.8) is 0 Å². The fourth-order valence-corrected chi connectivity index (χ4v) is 3.16. The molecule has 6 heteroatoms. The summed E-state index contributed by atoms with van der Waals surface area (Å²) in [4.78, 5) is 26.0. The number of aromatic carboxylic acids is 1. The number of amides is 1. The molecule has 0 radical (unpaired) electrons. The topological polar surface area (TPSA) is 57.6 Å². The van der Waals surface area contributed by atoms with Crippen LogP contribution < -0.4 is 0 Å². The lowest BCUT2D eigenvalue weighted by Crippen LogP contribution is -2.31. The Morgan fingerprint density at radius 3 is 2.36 bits per heavy atom. The minimum atomic E-state index is -0.970. The largest absolute Gasteiger partial charge is 0.478 e. The average Bonchev–Trinajstić information content (AvgIpc) is 2.90. The van der Waals surface area contributed by atoms with Gasteiger partial charge in [-0.1, -0.05) is 23.7 Å². The molecule has 0 saturated heterocycles. The van der Waals surface area contributed by atoms with E-state index in [1.165, 1.54) is 23.5 Å². The van der Waals surface area contributed by atoms with Crippen LogP contribution in [0.5, 0.6) is 0 Å². The summed E-state index contributed by atoms with van der Waals surface area (Å²) >= 11 is 7.37. The third-order valence-corrected chi connectivity index (χ3v) is 4.48. The summed E-state index contributed by atoms with van der Waals surface area (Å²) in [5.41, 5.74) is 1.02. The van der Waals surface area contributed by atoms with Gasteiger partial charge < -0.3 is 10.0 Å². The summed E-state index contributed by atoms with van der Waals surface area (Å²) in [6, 6.07) is 10.1. The van der Waals surface area contributed by atoms with E-state index in [-0.39, 0.29) is 17.9 Å². The summed E-state index contributed by atoms with van der Waals surface area (Å²) in [6.07, 6.45) is 0.257. The van der Waals surface area contributed by atoms with Gasteiger partial charge in [0, 0.05) is 11.4 Å².